The van der Waals surface area contributed by atoms with Crippen molar-refractivity contribution in [3.8, 4) is 0 Å². The summed E-state index contributed by atoms with van der Waals surface area (Å²) in [7, 11) is 0. The number of rotatable bonds is 4. The van der Waals surface area contributed by atoms with E-state index in [-0.39, 0.29) is 49.7 Å². The Morgan fingerprint density at radius 3 is 2.02 bits per heavy atom. The highest BCUT2D eigenvalue weighted by atomic mass is 19.4. The Hall–Kier alpha value is -5.19. The van der Waals surface area contributed by atoms with Crippen LogP contribution in [0.4, 0.5) is 26.3 Å². The molecule has 10 N–H and O–H groups in total. The van der Waals surface area contributed by atoms with Crippen molar-refractivity contribution >= 4 is 41.6 Å². The zero-order chi connectivity index (χ0) is 38.3. The molecule has 0 saturated carbocycles. The number of nitrogens with one attached hydrogen (secondary N) is 2. The summed E-state index contributed by atoms with van der Waals surface area (Å²) in [4.78, 5) is 67.1. The third-order valence-electron chi connectivity index (χ3n) is 8.76. The number of fused-ring (bicyclic) bond motifs is 1. The van der Waals surface area contributed by atoms with E-state index in [4.69, 9.17) is 31.3 Å². The lowest BCUT2D eigenvalue weighted by molar-refractivity contribution is -0.230. The second-order valence-corrected chi connectivity index (χ2v) is 11.9. The number of imide groups is 1. The Bertz CT molecular complexity index is 1630. The number of nitrogens with two attached hydrogens (primary N) is 2. The molecule has 2 saturated heterocycles. The molecule has 2 fully saturated rings. The van der Waals surface area contributed by atoms with Crippen molar-refractivity contribution in [3.05, 3.63) is 34.9 Å². The number of halogens is 6. The molecule has 280 valence electrons. The molecule has 6 rings (SSSR count). The van der Waals surface area contributed by atoms with Crippen LogP contribution in [-0.4, -0.2) is 127 Å². The van der Waals surface area contributed by atoms with Crippen LogP contribution in [0.1, 0.15) is 47.2 Å². The van der Waals surface area contributed by atoms with Gasteiger partial charge in [-0.25, -0.2) is 19.6 Å². The van der Waals surface area contributed by atoms with Crippen LogP contribution in [0.15, 0.2) is 28.2 Å². The number of carbonyl (C=O) groups excluding carboxylic acids is 3. The van der Waals surface area contributed by atoms with Crippen LogP contribution in [-0.2, 0) is 32.0 Å². The summed E-state index contributed by atoms with van der Waals surface area (Å²) in [6.07, 6.45) is -6.21. The Morgan fingerprint density at radius 1 is 0.922 bits per heavy atom. The number of hydrogen-bond donors (Lipinski definition) is 8. The first-order valence-electron chi connectivity index (χ1n) is 15.0. The lowest BCUT2D eigenvalue weighted by Crippen LogP contribution is -2.78. The molecule has 1 spiro atoms. The minimum atomic E-state index is -5.08. The fraction of sp³-hybridized carbons (Fsp3) is 0.536. The van der Waals surface area contributed by atoms with Crippen LogP contribution < -0.4 is 22.1 Å². The molecule has 0 bridgehead atoms. The van der Waals surface area contributed by atoms with Gasteiger partial charge in [0.2, 0.25) is 17.6 Å². The highest BCUT2D eigenvalue weighted by Crippen LogP contribution is 2.45. The van der Waals surface area contributed by atoms with Gasteiger partial charge in [0.05, 0.1) is 12.6 Å². The Labute approximate surface area is 283 Å². The van der Waals surface area contributed by atoms with Crippen LogP contribution in [0.2, 0.25) is 0 Å². The van der Waals surface area contributed by atoms with Gasteiger partial charge in [0.15, 0.2) is 17.6 Å². The lowest BCUT2D eigenvalue weighted by Gasteiger charge is -2.49. The van der Waals surface area contributed by atoms with Crippen molar-refractivity contribution in [2.24, 2.45) is 21.5 Å². The predicted octanol–water partition coefficient (Wildman–Crippen LogP) is -1.24. The minimum absolute atomic E-state index is 0.0425. The number of aryl methyl sites for hydroxylation is 1. The summed E-state index contributed by atoms with van der Waals surface area (Å²) in [5, 5.41) is 43.1. The van der Waals surface area contributed by atoms with E-state index in [9.17, 15) is 50.9 Å². The normalized spacial score (nSPS) is 26.2. The fourth-order valence-corrected chi connectivity index (χ4v) is 6.48. The first kappa shape index (κ1) is 38.6. The molecule has 1 aromatic rings. The third kappa shape index (κ3) is 7.48. The van der Waals surface area contributed by atoms with Gasteiger partial charge in [-0.05, 0) is 42.9 Å². The summed E-state index contributed by atoms with van der Waals surface area (Å²) in [6, 6.07) is 2.54. The minimum Gasteiger partial charge on any atom is -0.475 e. The van der Waals surface area contributed by atoms with Gasteiger partial charge >= 0.3 is 24.3 Å². The van der Waals surface area contributed by atoms with Crippen LogP contribution >= 0.6 is 0 Å². The van der Waals surface area contributed by atoms with E-state index in [0.717, 1.165) is 41.7 Å². The van der Waals surface area contributed by atoms with E-state index < -0.39 is 59.8 Å². The maximum atomic E-state index is 13.4. The Kier molecular flexibility index (Phi) is 10.5. The average Bonchev–Trinajstić information content (AvgIpc) is 3.63. The molecule has 5 aliphatic rings. The van der Waals surface area contributed by atoms with Crippen LogP contribution in [0.3, 0.4) is 0 Å². The van der Waals surface area contributed by atoms with Crippen molar-refractivity contribution in [1.29, 1.82) is 0 Å². The number of nitrogens with zero attached hydrogens (tertiary/aromatic N) is 4. The SMILES string of the molecule is NC1=N[C@H]2[C@H](CN3C(=O)CCC3=O)N=C(N)N3C[C@H](NC(=O)c4cccc5c4CCCC5)C(O)(O)[C@]23N1.O=C(O)C(F)(F)F.O=C(O)C(F)(F)F. The monoisotopic (exact) mass is 738 g/mol. The van der Waals surface area contributed by atoms with Crippen LogP contribution in [0, 0.1) is 0 Å². The summed E-state index contributed by atoms with van der Waals surface area (Å²) < 4.78 is 63.5. The summed E-state index contributed by atoms with van der Waals surface area (Å²) in [5.74, 6) is -9.30. The highest BCUT2D eigenvalue weighted by molar-refractivity contribution is 6.02. The zero-order valence-electron chi connectivity index (χ0n) is 26.2. The van der Waals surface area contributed by atoms with Crippen molar-refractivity contribution in [2.75, 3.05) is 13.1 Å². The number of aliphatic imine (C=N–C) groups is 2. The average molecular weight is 739 g/mol. The number of likely N-dealkylation sites (tertiary alicyclic amines) is 1. The van der Waals surface area contributed by atoms with Gasteiger partial charge in [0.25, 0.3) is 5.91 Å². The highest BCUT2D eigenvalue weighted by Gasteiger charge is 2.73. The third-order valence-corrected chi connectivity index (χ3v) is 8.76. The van der Waals surface area contributed by atoms with E-state index >= 15 is 0 Å². The molecule has 0 radical (unpaired) electrons. The number of aliphatic hydroxyl groups is 2. The van der Waals surface area contributed by atoms with Gasteiger partial charge in [-0.15, -0.1) is 0 Å². The van der Waals surface area contributed by atoms with Crippen LogP contribution in [0.5, 0.6) is 0 Å². The lowest BCUT2D eigenvalue weighted by atomic mass is 9.84. The van der Waals surface area contributed by atoms with Crippen molar-refractivity contribution in [2.45, 2.75) is 80.5 Å². The first-order valence-corrected chi connectivity index (χ1v) is 15.0. The summed E-state index contributed by atoms with van der Waals surface area (Å²) in [6.45, 7) is -0.204. The van der Waals surface area contributed by atoms with E-state index in [1.165, 1.54) is 4.90 Å². The quantitative estimate of drug-likeness (QED) is 0.102. The van der Waals surface area contributed by atoms with E-state index in [1.807, 2.05) is 12.1 Å². The molecule has 1 aliphatic carbocycles. The Morgan fingerprint density at radius 2 is 1.47 bits per heavy atom. The number of carboxylic acids is 2. The Balaban J connectivity index is 0.000000353. The molecule has 23 heteroatoms. The van der Waals surface area contributed by atoms with Crippen molar-refractivity contribution in [3.63, 3.8) is 0 Å². The van der Waals surface area contributed by atoms with Gasteiger partial charge in [-0.3, -0.25) is 19.3 Å². The number of benzene rings is 1. The standard InChI is InChI=1S/C24H30N8O5.2C2HF3O2/c25-21-29-19-15(10-31-17(33)8-9-18(31)34)27-22(26)32-11-16(24(36,37)23(19,32)30-21)28-20(35)14-7-3-5-12-4-1-2-6-13(12)14;2*3-2(4,5)1(6)7/h3,5,7,15-16,19,36-37H,1-2,4,6,8-11H2,(H2,26,27)(H,28,35)(H3,25,29,30);2*(H,6,7)/t15-,16-,19-,23-;;/m0../s1. The topological polar surface area (TPSA) is 274 Å². The van der Waals surface area contributed by atoms with Crippen molar-refractivity contribution < 1.29 is 70.7 Å². The molecular weight excluding hydrogens is 706 g/mol. The van der Waals surface area contributed by atoms with Gasteiger partial charge in [0, 0.05) is 24.9 Å². The summed E-state index contributed by atoms with van der Waals surface area (Å²) >= 11 is 0. The van der Waals surface area contributed by atoms with E-state index in [1.54, 1.807) is 6.07 Å². The molecule has 17 nitrogen and oxygen atoms in total. The molecule has 4 aliphatic heterocycles. The number of carbonyl (C=O) groups is 5. The van der Waals surface area contributed by atoms with Gasteiger partial charge < -0.3 is 47.4 Å². The molecule has 0 aromatic heterocycles. The largest absolute Gasteiger partial charge is 0.490 e. The van der Waals surface area contributed by atoms with Gasteiger partial charge in [-0.1, -0.05) is 12.1 Å². The molecule has 3 amide bonds. The number of guanidine groups is 2. The zero-order valence-corrected chi connectivity index (χ0v) is 26.2. The van der Waals surface area contributed by atoms with E-state index in [2.05, 4.69) is 20.6 Å². The second kappa shape index (κ2) is 13.8. The van der Waals surface area contributed by atoms with Crippen LogP contribution in [0.25, 0.3) is 0 Å². The van der Waals surface area contributed by atoms with Crippen molar-refractivity contribution in [1.82, 2.24) is 20.4 Å². The maximum absolute atomic E-state index is 13.4. The number of amides is 3. The number of alkyl halides is 6. The fourth-order valence-electron chi connectivity index (χ4n) is 6.48. The maximum Gasteiger partial charge on any atom is 0.490 e. The number of hydrogen-bond acceptors (Lipinski definition) is 13. The van der Waals surface area contributed by atoms with Gasteiger partial charge in [-0.2, -0.15) is 26.3 Å². The summed E-state index contributed by atoms with van der Waals surface area (Å²) in [5.41, 5.74) is 13.2. The predicted molar refractivity (Wildman–Crippen MR) is 158 cm³/mol. The smallest absolute Gasteiger partial charge is 0.475 e. The molecule has 4 heterocycles. The molecule has 1 aromatic carbocycles. The molecular formula is C28H32F6N8O9. The molecule has 51 heavy (non-hydrogen) atoms. The molecule has 4 atom stereocenters. The molecule has 0 unspecified atom stereocenters. The number of carboxylic acid groups (broad SMARTS) is 2. The van der Waals surface area contributed by atoms with Gasteiger partial charge in [0.1, 0.15) is 12.1 Å². The van der Waals surface area contributed by atoms with E-state index in [0.29, 0.717) is 5.56 Å². The first-order chi connectivity index (χ1) is 23.5. The number of aliphatic carboxylic acids is 2. The second-order valence-electron chi connectivity index (χ2n) is 11.9.